The molecule has 0 spiro atoms. The quantitative estimate of drug-likeness (QED) is 0.899. The average Bonchev–Trinajstić information content (AvgIpc) is 3.22. The van der Waals surface area contributed by atoms with Crippen LogP contribution >= 0.6 is 0 Å². The monoisotopic (exact) mass is 324 g/mol. The second kappa shape index (κ2) is 7.38. The molecule has 6 nitrogen and oxygen atoms in total. The summed E-state index contributed by atoms with van der Waals surface area (Å²) in [5, 5.41) is 7.38. The van der Waals surface area contributed by atoms with Crippen molar-refractivity contribution in [2.24, 2.45) is 5.92 Å². The van der Waals surface area contributed by atoms with E-state index >= 15 is 0 Å². The number of aromatic amines is 1. The summed E-state index contributed by atoms with van der Waals surface area (Å²) in [6, 6.07) is 0. The molecule has 0 aromatic carbocycles. The van der Waals surface area contributed by atoms with Crippen molar-refractivity contribution in [2.75, 3.05) is 33.5 Å². The summed E-state index contributed by atoms with van der Waals surface area (Å²) in [6.07, 6.45) is 6.01. The van der Waals surface area contributed by atoms with E-state index in [9.17, 15) is 9.18 Å². The Bertz CT molecular complexity index is 530. The highest BCUT2D eigenvalue weighted by Crippen LogP contribution is 2.34. The fraction of sp³-hybridized carbons (Fsp3) is 0.812. The maximum atomic E-state index is 13.4. The summed E-state index contributed by atoms with van der Waals surface area (Å²) >= 11 is 0. The first-order valence-corrected chi connectivity index (χ1v) is 8.47. The molecule has 0 unspecified atom stereocenters. The van der Waals surface area contributed by atoms with Crippen LogP contribution in [0.2, 0.25) is 0 Å². The van der Waals surface area contributed by atoms with Crippen molar-refractivity contribution in [3.05, 3.63) is 11.6 Å². The number of carbonyl (C=O) groups is 1. The van der Waals surface area contributed by atoms with E-state index in [0.29, 0.717) is 19.0 Å². The van der Waals surface area contributed by atoms with Gasteiger partial charge >= 0.3 is 0 Å². The Hall–Kier alpha value is -1.50. The predicted octanol–water partition coefficient (Wildman–Crippen LogP) is 2.01. The van der Waals surface area contributed by atoms with Gasteiger partial charge < -0.3 is 9.64 Å². The summed E-state index contributed by atoms with van der Waals surface area (Å²) in [5.41, 5.74) is 0. The highest BCUT2D eigenvalue weighted by Gasteiger charge is 2.38. The van der Waals surface area contributed by atoms with Gasteiger partial charge in [-0.25, -0.2) is 4.98 Å². The Labute approximate surface area is 135 Å². The molecule has 1 N–H and O–H groups in total. The molecule has 1 amide bonds. The van der Waals surface area contributed by atoms with E-state index in [2.05, 4.69) is 15.2 Å². The number of carbonyl (C=O) groups excluding carboxylic acids is 1. The molecule has 7 heteroatoms. The van der Waals surface area contributed by atoms with Crippen LogP contribution in [-0.4, -0.2) is 59.5 Å². The van der Waals surface area contributed by atoms with Crippen molar-refractivity contribution >= 4 is 5.91 Å². The Kier molecular flexibility index (Phi) is 5.25. The first-order valence-electron chi connectivity index (χ1n) is 8.47. The van der Waals surface area contributed by atoms with Crippen LogP contribution in [0.5, 0.6) is 0 Å². The van der Waals surface area contributed by atoms with Crippen LogP contribution in [0.4, 0.5) is 4.39 Å². The molecule has 23 heavy (non-hydrogen) atoms. The van der Waals surface area contributed by atoms with Crippen molar-refractivity contribution in [1.82, 2.24) is 20.1 Å². The lowest BCUT2D eigenvalue weighted by molar-refractivity contribution is -0.134. The number of rotatable bonds is 5. The summed E-state index contributed by atoms with van der Waals surface area (Å²) in [7, 11) is 1.49. The lowest BCUT2D eigenvalue weighted by Crippen LogP contribution is -2.32. The van der Waals surface area contributed by atoms with E-state index in [1.165, 1.54) is 26.4 Å². The highest BCUT2D eigenvalue weighted by atomic mass is 19.1. The number of alkyl halides is 1. The second-order valence-electron chi connectivity index (χ2n) is 6.67. The van der Waals surface area contributed by atoms with Gasteiger partial charge in [0.15, 0.2) is 5.82 Å². The fourth-order valence-corrected chi connectivity index (χ4v) is 3.75. The fourth-order valence-electron chi connectivity index (χ4n) is 3.75. The van der Waals surface area contributed by atoms with E-state index in [1.54, 1.807) is 4.90 Å². The van der Waals surface area contributed by atoms with Gasteiger partial charge in [0.05, 0.1) is 6.67 Å². The number of methoxy groups -OCH3 is 1. The predicted molar refractivity (Wildman–Crippen MR) is 82.9 cm³/mol. The largest absolute Gasteiger partial charge is 0.375 e. The molecule has 1 saturated heterocycles. The second-order valence-corrected chi connectivity index (χ2v) is 6.67. The molecule has 2 atom stereocenters. The number of nitrogens with zero attached hydrogens (tertiary/aromatic N) is 3. The standard InChI is InChI=1S/C16H25FN4O2/c1-23-10-14(22)21-8-12(7-17)13(9-21)16-18-15(19-20-16)11-5-3-2-4-6-11/h11-13H,2-10H2,1H3,(H,18,19,20)/t12-,13-/m1/s1. The Morgan fingerprint density at radius 1 is 1.35 bits per heavy atom. The molecule has 1 aromatic rings. The lowest BCUT2D eigenvalue weighted by Gasteiger charge is -2.18. The smallest absolute Gasteiger partial charge is 0.248 e. The summed E-state index contributed by atoms with van der Waals surface area (Å²) < 4.78 is 18.3. The number of likely N-dealkylation sites (tertiary alicyclic amines) is 1. The molecule has 2 aliphatic rings. The first kappa shape index (κ1) is 16.4. The molecule has 1 aromatic heterocycles. The van der Waals surface area contributed by atoms with Crippen LogP contribution in [0.15, 0.2) is 0 Å². The number of ether oxygens (including phenoxy) is 1. The van der Waals surface area contributed by atoms with Crippen LogP contribution in [0.3, 0.4) is 0 Å². The average molecular weight is 324 g/mol. The number of aromatic nitrogens is 3. The van der Waals surface area contributed by atoms with Crippen molar-refractivity contribution < 1.29 is 13.9 Å². The van der Waals surface area contributed by atoms with Crippen LogP contribution in [0.1, 0.15) is 55.6 Å². The Morgan fingerprint density at radius 2 is 2.13 bits per heavy atom. The summed E-state index contributed by atoms with van der Waals surface area (Å²) in [4.78, 5) is 18.3. The number of hydrogen-bond donors (Lipinski definition) is 1. The minimum Gasteiger partial charge on any atom is -0.375 e. The van der Waals surface area contributed by atoms with E-state index in [1.807, 2.05) is 0 Å². The van der Waals surface area contributed by atoms with Gasteiger partial charge in [-0.2, -0.15) is 5.10 Å². The number of halogens is 1. The van der Waals surface area contributed by atoms with Gasteiger partial charge in [0.25, 0.3) is 0 Å². The maximum Gasteiger partial charge on any atom is 0.248 e. The molecular formula is C16H25FN4O2. The van der Waals surface area contributed by atoms with Gasteiger partial charge in [-0.1, -0.05) is 19.3 Å². The van der Waals surface area contributed by atoms with Crippen LogP contribution < -0.4 is 0 Å². The van der Waals surface area contributed by atoms with Gasteiger partial charge in [-0.3, -0.25) is 14.3 Å². The minimum atomic E-state index is -0.457. The van der Waals surface area contributed by atoms with Gasteiger partial charge in [0.2, 0.25) is 5.91 Å². The molecule has 1 saturated carbocycles. The molecule has 1 aliphatic heterocycles. The van der Waals surface area contributed by atoms with Gasteiger partial charge in [0, 0.05) is 38.0 Å². The molecule has 2 heterocycles. The number of H-pyrrole nitrogens is 1. The van der Waals surface area contributed by atoms with Crippen molar-refractivity contribution in [2.45, 2.75) is 43.9 Å². The van der Waals surface area contributed by atoms with Crippen molar-refractivity contribution in [3.63, 3.8) is 0 Å². The van der Waals surface area contributed by atoms with E-state index in [0.717, 1.165) is 24.5 Å². The van der Waals surface area contributed by atoms with E-state index in [4.69, 9.17) is 4.74 Å². The van der Waals surface area contributed by atoms with Crippen molar-refractivity contribution in [1.29, 1.82) is 0 Å². The third kappa shape index (κ3) is 3.54. The third-order valence-corrected chi connectivity index (χ3v) is 5.10. The highest BCUT2D eigenvalue weighted by molar-refractivity contribution is 5.77. The van der Waals surface area contributed by atoms with Crippen LogP contribution in [-0.2, 0) is 9.53 Å². The van der Waals surface area contributed by atoms with Crippen molar-refractivity contribution in [3.8, 4) is 0 Å². The topological polar surface area (TPSA) is 71.1 Å². The van der Waals surface area contributed by atoms with E-state index in [-0.39, 0.29) is 24.3 Å². The normalized spacial score (nSPS) is 25.9. The molecule has 128 valence electrons. The molecule has 1 aliphatic carbocycles. The number of amides is 1. The Morgan fingerprint density at radius 3 is 2.83 bits per heavy atom. The molecule has 0 radical (unpaired) electrons. The summed E-state index contributed by atoms with van der Waals surface area (Å²) in [5.74, 6) is 1.58. The zero-order valence-electron chi connectivity index (χ0n) is 13.6. The van der Waals surface area contributed by atoms with E-state index < -0.39 is 6.67 Å². The zero-order chi connectivity index (χ0) is 16.2. The molecule has 0 bridgehead atoms. The van der Waals surface area contributed by atoms with Crippen LogP contribution in [0, 0.1) is 5.92 Å². The first-order chi connectivity index (χ1) is 11.2. The molecule has 2 fully saturated rings. The minimum absolute atomic E-state index is 0.0372. The lowest BCUT2D eigenvalue weighted by atomic mass is 9.89. The third-order valence-electron chi connectivity index (χ3n) is 5.10. The maximum absolute atomic E-state index is 13.4. The van der Waals surface area contributed by atoms with Gasteiger partial charge in [-0.05, 0) is 12.8 Å². The van der Waals surface area contributed by atoms with Crippen LogP contribution in [0.25, 0.3) is 0 Å². The zero-order valence-corrected chi connectivity index (χ0v) is 13.6. The Balaban J connectivity index is 1.70. The number of hydrogen-bond acceptors (Lipinski definition) is 4. The number of nitrogens with one attached hydrogen (secondary N) is 1. The SMILES string of the molecule is COCC(=O)N1C[C@@H](CF)[C@H](c2nc(C3CCCCC3)n[nH]2)C1. The summed E-state index contributed by atoms with van der Waals surface area (Å²) in [6.45, 7) is 0.481. The molecule has 3 rings (SSSR count). The van der Waals surface area contributed by atoms with Gasteiger partial charge in [0.1, 0.15) is 12.4 Å². The van der Waals surface area contributed by atoms with Gasteiger partial charge in [-0.15, -0.1) is 0 Å². The molecular weight excluding hydrogens is 299 g/mol.